The molecule has 1 fully saturated rings. The summed E-state index contributed by atoms with van der Waals surface area (Å²) in [6, 6.07) is 0. The Morgan fingerprint density at radius 1 is 1.70 bits per heavy atom. The summed E-state index contributed by atoms with van der Waals surface area (Å²) in [4.78, 5) is 12.8. The molecule has 54 valence electrons. The molecule has 1 amide bonds. The van der Waals surface area contributed by atoms with E-state index in [0.29, 0.717) is 12.8 Å². The van der Waals surface area contributed by atoms with Crippen LogP contribution in [0.15, 0.2) is 0 Å². The average Bonchev–Trinajstić information content (AvgIpc) is 2.31. The molecular formula is C8H11NO. The first-order chi connectivity index (χ1) is 4.84. The number of nitrogens with zero attached hydrogens (tertiary/aromatic N) is 1. The van der Waals surface area contributed by atoms with Gasteiger partial charge in [0.15, 0.2) is 0 Å². The molecule has 1 aliphatic heterocycles. The topological polar surface area (TPSA) is 20.3 Å². The molecule has 0 bridgehead atoms. The van der Waals surface area contributed by atoms with Crippen LogP contribution in [0.4, 0.5) is 0 Å². The summed E-state index contributed by atoms with van der Waals surface area (Å²) in [5.74, 6) is 2.78. The van der Waals surface area contributed by atoms with Crippen LogP contribution in [0.3, 0.4) is 0 Å². The number of hydrogen-bond acceptors (Lipinski definition) is 1. The summed E-state index contributed by atoms with van der Waals surface area (Å²) in [5.41, 5.74) is 0. The summed E-state index contributed by atoms with van der Waals surface area (Å²) >= 11 is 0. The molecule has 0 aliphatic carbocycles. The van der Waals surface area contributed by atoms with Crippen molar-refractivity contribution < 1.29 is 4.79 Å². The van der Waals surface area contributed by atoms with Crippen molar-refractivity contribution in [1.82, 2.24) is 4.90 Å². The van der Waals surface area contributed by atoms with Crippen LogP contribution in [0.2, 0.25) is 0 Å². The van der Waals surface area contributed by atoms with E-state index in [1.165, 1.54) is 0 Å². The van der Waals surface area contributed by atoms with Crippen LogP contribution in [0.25, 0.3) is 0 Å². The Labute approximate surface area is 61.2 Å². The molecule has 2 nitrogen and oxygen atoms in total. The lowest BCUT2D eigenvalue weighted by Gasteiger charge is -2.12. The van der Waals surface area contributed by atoms with Crippen LogP contribution < -0.4 is 0 Å². The second-order valence-electron chi connectivity index (χ2n) is 2.44. The number of rotatable bonds is 2. The molecule has 0 aromatic heterocycles. The SMILES string of the molecule is C#CCCN1CCCC1=O. The van der Waals surface area contributed by atoms with Crippen molar-refractivity contribution in [3.05, 3.63) is 0 Å². The maximum atomic E-state index is 10.9. The summed E-state index contributed by atoms with van der Waals surface area (Å²) in [6.45, 7) is 1.65. The van der Waals surface area contributed by atoms with Gasteiger partial charge in [0.1, 0.15) is 0 Å². The molecule has 0 radical (unpaired) electrons. The van der Waals surface area contributed by atoms with E-state index in [0.717, 1.165) is 19.5 Å². The van der Waals surface area contributed by atoms with Crippen LogP contribution in [-0.2, 0) is 4.79 Å². The van der Waals surface area contributed by atoms with Crippen LogP contribution >= 0.6 is 0 Å². The fourth-order valence-corrected chi connectivity index (χ4v) is 1.14. The van der Waals surface area contributed by atoms with Crippen LogP contribution in [-0.4, -0.2) is 23.9 Å². The number of carbonyl (C=O) groups is 1. The Morgan fingerprint density at radius 3 is 3.00 bits per heavy atom. The molecule has 0 N–H and O–H groups in total. The lowest BCUT2D eigenvalue weighted by Crippen LogP contribution is -2.25. The summed E-state index contributed by atoms with van der Waals surface area (Å²) in [5, 5.41) is 0. The monoisotopic (exact) mass is 137 g/mol. The third kappa shape index (κ3) is 1.51. The highest BCUT2D eigenvalue weighted by atomic mass is 16.2. The highest BCUT2D eigenvalue weighted by Gasteiger charge is 2.18. The summed E-state index contributed by atoms with van der Waals surface area (Å²) in [6.07, 6.45) is 7.47. The van der Waals surface area contributed by atoms with E-state index in [2.05, 4.69) is 5.92 Å². The van der Waals surface area contributed by atoms with E-state index < -0.39 is 0 Å². The number of likely N-dealkylation sites (tertiary alicyclic amines) is 1. The normalized spacial score (nSPS) is 17.5. The van der Waals surface area contributed by atoms with Crippen molar-refractivity contribution in [2.45, 2.75) is 19.3 Å². The van der Waals surface area contributed by atoms with Crippen molar-refractivity contribution in [2.24, 2.45) is 0 Å². The minimum atomic E-state index is 0.259. The minimum Gasteiger partial charge on any atom is -0.342 e. The summed E-state index contributed by atoms with van der Waals surface area (Å²) < 4.78 is 0. The third-order valence-electron chi connectivity index (χ3n) is 1.70. The Bertz CT molecular complexity index is 169. The van der Waals surface area contributed by atoms with Gasteiger partial charge in [0.2, 0.25) is 5.91 Å². The Balaban J connectivity index is 2.28. The fourth-order valence-electron chi connectivity index (χ4n) is 1.14. The number of hydrogen-bond donors (Lipinski definition) is 0. The first-order valence-electron chi connectivity index (χ1n) is 3.56. The molecule has 10 heavy (non-hydrogen) atoms. The van der Waals surface area contributed by atoms with E-state index in [4.69, 9.17) is 6.42 Å². The zero-order valence-electron chi connectivity index (χ0n) is 5.97. The van der Waals surface area contributed by atoms with Crippen LogP contribution in [0.1, 0.15) is 19.3 Å². The van der Waals surface area contributed by atoms with Crippen molar-refractivity contribution >= 4 is 5.91 Å². The van der Waals surface area contributed by atoms with Gasteiger partial charge in [-0.2, -0.15) is 0 Å². The van der Waals surface area contributed by atoms with Crippen molar-refractivity contribution in [2.75, 3.05) is 13.1 Å². The van der Waals surface area contributed by atoms with E-state index in [1.54, 1.807) is 0 Å². The molecule has 0 aromatic carbocycles. The highest BCUT2D eigenvalue weighted by molar-refractivity contribution is 5.78. The third-order valence-corrected chi connectivity index (χ3v) is 1.70. The molecule has 0 saturated carbocycles. The quantitative estimate of drug-likeness (QED) is 0.511. The van der Waals surface area contributed by atoms with Gasteiger partial charge in [0.25, 0.3) is 0 Å². The molecule has 1 aliphatic rings. The first-order valence-corrected chi connectivity index (χ1v) is 3.56. The molecule has 0 spiro atoms. The minimum absolute atomic E-state index is 0.259. The lowest BCUT2D eigenvalue weighted by molar-refractivity contribution is -0.127. The molecule has 1 heterocycles. The van der Waals surface area contributed by atoms with E-state index in [9.17, 15) is 4.79 Å². The fraction of sp³-hybridized carbons (Fsp3) is 0.625. The van der Waals surface area contributed by atoms with Gasteiger partial charge in [-0.05, 0) is 6.42 Å². The standard InChI is InChI=1S/C8H11NO/c1-2-3-6-9-7-4-5-8(9)10/h1H,3-7H2. The number of amides is 1. The molecule has 1 saturated heterocycles. The molecule has 1 rings (SSSR count). The highest BCUT2D eigenvalue weighted by Crippen LogP contribution is 2.08. The maximum absolute atomic E-state index is 10.9. The second kappa shape index (κ2) is 3.26. The first kappa shape index (κ1) is 7.14. The zero-order valence-corrected chi connectivity index (χ0v) is 5.97. The van der Waals surface area contributed by atoms with Gasteiger partial charge in [0, 0.05) is 25.9 Å². The van der Waals surface area contributed by atoms with Gasteiger partial charge >= 0.3 is 0 Å². The smallest absolute Gasteiger partial charge is 0.222 e. The lowest BCUT2D eigenvalue weighted by atomic mass is 10.4. The Kier molecular flexibility index (Phi) is 2.33. The predicted molar refractivity (Wildman–Crippen MR) is 39.3 cm³/mol. The molecule has 0 aromatic rings. The molecule has 0 atom stereocenters. The molecular weight excluding hydrogens is 126 g/mol. The Hall–Kier alpha value is -0.970. The van der Waals surface area contributed by atoms with Crippen molar-refractivity contribution in [3.8, 4) is 12.3 Å². The average molecular weight is 137 g/mol. The van der Waals surface area contributed by atoms with Gasteiger partial charge in [0.05, 0.1) is 0 Å². The van der Waals surface area contributed by atoms with Gasteiger partial charge in [-0.25, -0.2) is 0 Å². The van der Waals surface area contributed by atoms with E-state index in [1.807, 2.05) is 4.90 Å². The zero-order chi connectivity index (χ0) is 7.40. The van der Waals surface area contributed by atoms with Crippen LogP contribution in [0, 0.1) is 12.3 Å². The van der Waals surface area contributed by atoms with E-state index in [-0.39, 0.29) is 5.91 Å². The van der Waals surface area contributed by atoms with Crippen molar-refractivity contribution in [1.29, 1.82) is 0 Å². The van der Waals surface area contributed by atoms with Gasteiger partial charge in [-0.3, -0.25) is 4.79 Å². The molecule has 2 heteroatoms. The van der Waals surface area contributed by atoms with Crippen molar-refractivity contribution in [3.63, 3.8) is 0 Å². The van der Waals surface area contributed by atoms with Gasteiger partial charge in [-0.1, -0.05) is 0 Å². The van der Waals surface area contributed by atoms with Gasteiger partial charge in [-0.15, -0.1) is 12.3 Å². The second-order valence-corrected chi connectivity index (χ2v) is 2.44. The predicted octanol–water partition coefficient (Wildman–Crippen LogP) is 0.632. The Morgan fingerprint density at radius 2 is 2.50 bits per heavy atom. The maximum Gasteiger partial charge on any atom is 0.222 e. The molecule has 0 unspecified atom stereocenters. The summed E-state index contributed by atoms with van der Waals surface area (Å²) in [7, 11) is 0. The van der Waals surface area contributed by atoms with Crippen LogP contribution in [0.5, 0.6) is 0 Å². The largest absolute Gasteiger partial charge is 0.342 e. The van der Waals surface area contributed by atoms with Gasteiger partial charge < -0.3 is 4.90 Å². The number of carbonyl (C=O) groups excluding carboxylic acids is 1. The van der Waals surface area contributed by atoms with E-state index >= 15 is 0 Å². The number of terminal acetylenes is 1.